The number of fused-ring (bicyclic) bond motifs is 1. The summed E-state index contributed by atoms with van der Waals surface area (Å²) >= 11 is 0. The third-order valence-electron chi connectivity index (χ3n) is 5.29. The highest BCUT2D eigenvalue weighted by Crippen LogP contribution is 2.57. The quantitative estimate of drug-likeness (QED) is 0.899. The Morgan fingerprint density at radius 2 is 2.31 bits per heavy atom. The molecule has 1 saturated carbocycles. The molecule has 1 heterocycles. The summed E-state index contributed by atoms with van der Waals surface area (Å²) < 4.78 is 19.8. The van der Waals surface area contributed by atoms with Crippen molar-refractivity contribution in [1.29, 1.82) is 5.26 Å². The Bertz CT molecular complexity index is 860. The van der Waals surface area contributed by atoms with Crippen LogP contribution in [0.15, 0.2) is 24.3 Å². The predicted octanol–water partition coefficient (Wildman–Crippen LogP) is 2.46. The fraction of sp³-hybridized carbons (Fsp3) is 0.421. The lowest BCUT2D eigenvalue weighted by Gasteiger charge is -2.15. The topological polar surface area (TPSA) is 82.4 Å². The average Bonchev–Trinajstić information content (AvgIpc) is 2.93. The van der Waals surface area contributed by atoms with Crippen molar-refractivity contribution in [2.24, 2.45) is 17.8 Å². The van der Waals surface area contributed by atoms with Gasteiger partial charge in [0.05, 0.1) is 30.8 Å². The van der Waals surface area contributed by atoms with Crippen LogP contribution in [0.2, 0.25) is 0 Å². The number of halogens is 1. The molecule has 1 aliphatic heterocycles. The monoisotopic (exact) mass is 355 g/mol. The van der Waals surface area contributed by atoms with E-state index in [1.807, 2.05) is 6.08 Å². The number of anilines is 1. The molecule has 0 unspecified atom stereocenters. The van der Waals surface area contributed by atoms with Gasteiger partial charge in [0.25, 0.3) is 0 Å². The maximum Gasteiger partial charge on any atom is 0.414 e. The number of hydrogen-bond acceptors (Lipinski definition) is 4. The summed E-state index contributed by atoms with van der Waals surface area (Å²) in [4.78, 5) is 24.4. The van der Waals surface area contributed by atoms with Gasteiger partial charge in [-0.05, 0) is 42.0 Å². The van der Waals surface area contributed by atoms with Gasteiger partial charge in [-0.1, -0.05) is 6.08 Å². The number of cyclic esters (lactones) is 1. The molecule has 3 aliphatic rings. The van der Waals surface area contributed by atoms with E-state index in [4.69, 9.17) is 10.00 Å². The molecule has 134 valence electrons. The number of nitrogens with one attached hydrogen (secondary N) is 1. The average molecular weight is 355 g/mol. The molecule has 4 rings (SSSR count). The van der Waals surface area contributed by atoms with Crippen LogP contribution in [-0.4, -0.2) is 31.2 Å². The van der Waals surface area contributed by atoms with Crippen molar-refractivity contribution < 1.29 is 18.7 Å². The summed E-state index contributed by atoms with van der Waals surface area (Å²) in [5.41, 5.74) is 1.89. The summed E-state index contributed by atoms with van der Waals surface area (Å²) in [5.74, 6) is 0.0911. The van der Waals surface area contributed by atoms with Crippen LogP contribution >= 0.6 is 0 Å². The number of carbonyl (C=O) groups is 2. The van der Waals surface area contributed by atoms with Gasteiger partial charge in [0.2, 0.25) is 5.91 Å². The molecule has 2 amide bonds. The minimum absolute atomic E-state index is 0.0843. The first kappa shape index (κ1) is 16.6. The number of allylic oxidation sites excluding steroid dienone is 2. The van der Waals surface area contributed by atoms with Gasteiger partial charge >= 0.3 is 6.09 Å². The standard InChI is InChI=1S/C19H18FN3O3/c1-10(24)22-8-13-9-23(19(25)26-13)12-2-3-14(18(20)6-12)11-4-15-16(5-11)17(15)7-21/h2-4,6,13,15-17H,5,8-9H2,1H3,(H,22,24)/t13-,15-,16-,17-/m0/s1. The van der Waals surface area contributed by atoms with Gasteiger partial charge < -0.3 is 10.1 Å². The maximum absolute atomic E-state index is 14.6. The molecular formula is C19H18FN3O3. The summed E-state index contributed by atoms with van der Waals surface area (Å²) in [6.45, 7) is 1.88. The highest BCUT2D eigenvalue weighted by atomic mass is 19.1. The lowest BCUT2D eigenvalue weighted by atomic mass is 10.00. The van der Waals surface area contributed by atoms with E-state index in [2.05, 4.69) is 11.4 Å². The van der Waals surface area contributed by atoms with E-state index in [0.717, 1.165) is 12.0 Å². The fourth-order valence-corrected chi connectivity index (χ4v) is 3.86. The minimum Gasteiger partial charge on any atom is -0.442 e. The number of ether oxygens (including phenoxy) is 1. The molecule has 0 bridgehead atoms. The first-order valence-electron chi connectivity index (χ1n) is 8.60. The second-order valence-electron chi connectivity index (χ2n) is 7.01. The first-order valence-corrected chi connectivity index (χ1v) is 8.60. The molecule has 0 radical (unpaired) electrons. The molecule has 6 nitrogen and oxygen atoms in total. The van der Waals surface area contributed by atoms with E-state index < -0.39 is 12.2 Å². The Balaban J connectivity index is 1.47. The van der Waals surface area contributed by atoms with Crippen molar-refractivity contribution in [3.8, 4) is 6.07 Å². The molecule has 1 saturated heterocycles. The van der Waals surface area contributed by atoms with Crippen LogP contribution in [0.5, 0.6) is 0 Å². The smallest absolute Gasteiger partial charge is 0.414 e. The van der Waals surface area contributed by atoms with Crippen LogP contribution < -0.4 is 10.2 Å². The van der Waals surface area contributed by atoms with Crippen molar-refractivity contribution in [1.82, 2.24) is 5.32 Å². The van der Waals surface area contributed by atoms with Crippen LogP contribution in [-0.2, 0) is 9.53 Å². The first-order chi connectivity index (χ1) is 12.5. The number of amides is 2. The number of hydrogen-bond donors (Lipinski definition) is 1. The predicted molar refractivity (Wildman–Crippen MR) is 91.4 cm³/mol. The zero-order valence-corrected chi connectivity index (χ0v) is 14.2. The second kappa shape index (κ2) is 6.13. The van der Waals surface area contributed by atoms with Crippen molar-refractivity contribution in [3.05, 3.63) is 35.7 Å². The Labute approximate surface area is 150 Å². The molecule has 2 fully saturated rings. The van der Waals surface area contributed by atoms with Gasteiger partial charge in [0, 0.05) is 12.5 Å². The van der Waals surface area contributed by atoms with Crippen molar-refractivity contribution in [3.63, 3.8) is 0 Å². The summed E-state index contributed by atoms with van der Waals surface area (Å²) in [7, 11) is 0. The van der Waals surface area contributed by atoms with Gasteiger partial charge in [0.15, 0.2) is 0 Å². The van der Waals surface area contributed by atoms with E-state index in [-0.39, 0.29) is 36.6 Å². The number of benzene rings is 1. The van der Waals surface area contributed by atoms with Crippen LogP contribution in [0.25, 0.3) is 5.57 Å². The zero-order valence-electron chi connectivity index (χ0n) is 14.2. The Morgan fingerprint density at radius 1 is 1.50 bits per heavy atom. The normalized spacial score (nSPS) is 28.9. The lowest BCUT2D eigenvalue weighted by molar-refractivity contribution is -0.119. The molecule has 2 aliphatic carbocycles. The Morgan fingerprint density at radius 3 is 2.92 bits per heavy atom. The third-order valence-corrected chi connectivity index (χ3v) is 5.29. The highest BCUT2D eigenvalue weighted by Gasteiger charge is 2.53. The number of nitrogens with zero attached hydrogens (tertiary/aromatic N) is 2. The number of nitriles is 1. The van der Waals surface area contributed by atoms with Crippen molar-refractivity contribution >= 4 is 23.3 Å². The number of carbonyl (C=O) groups excluding carboxylic acids is 2. The van der Waals surface area contributed by atoms with Gasteiger partial charge in [-0.15, -0.1) is 0 Å². The molecule has 1 N–H and O–H groups in total. The largest absolute Gasteiger partial charge is 0.442 e. The van der Waals surface area contributed by atoms with Crippen molar-refractivity contribution in [2.75, 3.05) is 18.0 Å². The summed E-state index contributed by atoms with van der Waals surface area (Å²) in [6, 6.07) is 6.99. The van der Waals surface area contributed by atoms with Crippen LogP contribution in [0.1, 0.15) is 18.9 Å². The molecular weight excluding hydrogens is 337 g/mol. The maximum atomic E-state index is 14.6. The third kappa shape index (κ3) is 2.81. The van der Waals surface area contributed by atoms with E-state index >= 15 is 0 Å². The number of rotatable bonds is 4. The van der Waals surface area contributed by atoms with Crippen LogP contribution in [0.4, 0.5) is 14.9 Å². The van der Waals surface area contributed by atoms with Gasteiger partial charge in [-0.3, -0.25) is 9.69 Å². The van der Waals surface area contributed by atoms with E-state index in [1.54, 1.807) is 12.1 Å². The lowest BCUT2D eigenvalue weighted by Crippen LogP contribution is -2.33. The minimum atomic E-state index is -0.550. The molecule has 1 aromatic carbocycles. The molecule has 1 aromatic rings. The SMILES string of the molecule is CC(=O)NC[C@H]1CN(c2ccc(C3=C[C@@H]4[C@H](C#N)[C@H]4C3)c(F)c2)C(=O)O1. The molecule has 4 atom stereocenters. The molecule has 7 heteroatoms. The fourth-order valence-electron chi connectivity index (χ4n) is 3.86. The summed E-state index contributed by atoms with van der Waals surface area (Å²) in [5, 5.41) is 11.6. The van der Waals surface area contributed by atoms with E-state index in [9.17, 15) is 14.0 Å². The Kier molecular flexibility index (Phi) is 3.91. The highest BCUT2D eigenvalue weighted by molar-refractivity contribution is 5.90. The molecule has 0 spiro atoms. The molecule has 26 heavy (non-hydrogen) atoms. The van der Waals surface area contributed by atoms with E-state index in [1.165, 1.54) is 17.9 Å². The summed E-state index contributed by atoms with van der Waals surface area (Å²) in [6.07, 6.45) is 1.72. The molecule has 0 aromatic heterocycles. The van der Waals surface area contributed by atoms with Gasteiger partial charge in [-0.25, -0.2) is 9.18 Å². The van der Waals surface area contributed by atoms with Crippen LogP contribution in [0.3, 0.4) is 0 Å². The second-order valence-corrected chi connectivity index (χ2v) is 7.01. The van der Waals surface area contributed by atoms with Crippen LogP contribution in [0, 0.1) is 34.9 Å². The van der Waals surface area contributed by atoms with Crippen molar-refractivity contribution in [2.45, 2.75) is 19.4 Å². The van der Waals surface area contributed by atoms with Gasteiger partial charge in [-0.2, -0.15) is 5.26 Å². The zero-order chi connectivity index (χ0) is 18.4. The van der Waals surface area contributed by atoms with E-state index in [0.29, 0.717) is 17.2 Å². The van der Waals surface area contributed by atoms with Gasteiger partial charge in [0.1, 0.15) is 11.9 Å². The Hall–Kier alpha value is -2.88.